The molecule has 2 aliphatic heterocycles. The van der Waals surface area contributed by atoms with Crippen molar-refractivity contribution >= 4 is 17.5 Å². The lowest BCUT2D eigenvalue weighted by Gasteiger charge is -2.27. The van der Waals surface area contributed by atoms with Crippen LogP contribution in [0.5, 0.6) is 0 Å². The van der Waals surface area contributed by atoms with Gasteiger partial charge in [0.1, 0.15) is 0 Å². The van der Waals surface area contributed by atoms with E-state index in [1.54, 1.807) is 4.90 Å². The number of rotatable bonds is 6. The van der Waals surface area contributed by atoms with Gasteiger partial charge >= 0.3 is 0 Å². The van der Waals surface area contributed by atoms with Gasteiger partial charge in [-0.2, -0.15) is 0 Å². The van der Waals surface area contributed by atoms with Gasteiger partial charge in [-0.25, -0.2) is 0 Å². The summed E-state index contributed by atoms with van der Waals surface area (Å²) in [5.74, 6) is 0.161. The number of hydrogen-bond donors (Lipinski definition) is 1. The third-order valence-corrected chi connectivity index (χ3v) is 4.91. The average Bonchev–Trinajstić information content (AvgIpc) is 3.01. The van der Waals surface area contributed by atoms with Gasteiger partial charge < -0.3 is 10.2 Å². The maximum Gasteiger partial charge on any atom is 0.226 e. The number of anilines is 1. The minimum Gasteiger partial charge on any atom is -0.342 e. The molecule has 0 aliphatic carbocycles. The second-order valence-electron chi connectivity index (χ2n) is 6.78. The van der Waals surface area contributed by atoms with Gasteiger partial charge in [0.2, 0.25) is 11.8 Å². The van der Waals surface area contributed by atoms with Gasteiger partial charge in [-0.05, 0) is 44.0 Å². The normalized spacial score (nSPS) is 18.8. The lowest BCUT2D eigenvalue weighted by atomic mass is 10.1. The molecule has 0 radical (unpaired) electrons. The van der Waals surface area contributed by atoms with Crippen molar-refractivity contribution in [3.63, 3.8) is 0 Å². The fourth-order valence-corrected chi connectivity index (χ4v) is 3.53. The molecule has 5 heteroatoms. The molecule has 0 spiro atoms. The van der Waals surface area contributed by atoms with Gasteiger partial charge in [-0.1, -0.05) is 24.6 Å². The second-order valence-corrected chi connectivity index (χ2v) is 6.78. The van der Waals surface area contributed by atoms with Crippen LogP contribution in [0.25, 0.3) is 0 Å². The Morgan fingerprint density at radius 1 is 1.04 bits per heavy atom. The van der Waals surface area contributed by atoms with Crippen LogP contribution in [0.3, 0.4) is 0 Å². The number of carbonyl (C=O) groups excluding carboxylic acids is 2. The van der Waals surface area contributed by atoms with Crippen LogP contribution in [0.2, 0.25) is 0 Å². The molecule has 0 aromatic heterocycles. The molecule has 1 N–H and O–H groups in total. The Bertz CT molecular complexity index is 582. The first-order chi connectivity index (χ1) is 11.7. The second kappa shape index (κ2) is 8.29. The van der Waals surface area contributed by atoms with Crippen molar-refractivity contribution in [1.82, 2.24) is 9.80 Å². The van der Waals surface area contributed by atoms with E-state index in [4.69, 9.17) is 0 Å². The quantitative estimate of drug-likeness (QED) is 0.873. The number of likely N-dealkylation sites (tertiary alicyclic amines) is 2. The molecule has 0 saturated carbocycles. The van der Waals surface area contributed by atoms with Crippen molar-refractivity contribution in [3.05, 3.63) is 29.8 Å². The Labute approximate surface area is 144 Å². The number of piperidine rings is 1. The summed E-state index contributed by atoms with van der Waals surface area (Å²) >= 11 is 0. The molecule has 2 heterocycles. The molecule has 2 saturated heterocycles. The van der Waals surface area contributed by atoms with Gasteiger partial charge in [0.25, 0.3) is 0 Å². The fraction of sp³-hybridized carbons (Fsp3) is 0.579. The molecule has 0 unspecified atom stereocenters. The van der Waals surface area contributed by atoms with Crippen LogP contribution >= 0.6 is 0 Å². The molecule has 130 valence electrons. The van der Waals surface area contributed by atoms with Crippen LogP contribution < -0.4 is 5.32 Å². The van der Waals surface area contributed by atoms with Gasteiger partial charge in [-0.15, -0.1) is 0 Å². The molecule has 3 rings (SSSR count). The number of hydrogen-bond acceptors (Lipinski definition) is 3. The molecule has 2 fully saturated rings. The van der Waals surface area contributed by atoms with Crippen LogP contribution in [-0.2, 0) is 16.1 Å². The van der Waals surface area contributed by atoms with Gasteiger partial charge in [0.15, 0.2) is 0 Å². The van der Waals surface area contributed by atoms with Crippen molar-refractivity contribution in [2.45, 2.75) is 45.1 Å². The van der Waals surface area contributed by atoms with E-state index in [1.807, 2.05) is 18.2 Å². The predicted molar refractivity (Wildman–Crippen MR) is 94.6 cm³/mol. The van der Waals surface area contributed by atoms with Crippen molar-refractivity contribution in [3.8, 4) is 0 Å². The summed E-state index contributed by atoms with van der Waals surface area (Å²) in [6.45, 7) is 4.48. The summed E-state index contributed by atoms with van der Waals surface area (Å²) in [4.78, 5) is 28.1. The maximum absolute atomic E-state index is 12.3. The number of nitrogens with one attached hydrogen (secondary N) is 1. The van der Waals surface area contributed by atoms with Crippen molar-refractivity contribution in [2.24, 2.45) is 0 Å². The SMILES string of the molecule is O=C(CCN1CCCC1=O)Nc1ccccc1CN1CCCCC1. The first-order valence-electron chi connectivity index (χ1n) is 9.10. The molecule has 2 aliphatic rings. The Kier molecular flexibility index (Phi) is 5.86. The van der Waals surface area contributed by atoms with Crippen molar-refractivity contribution < 1.29 is 9.59 Å². The van der Waals surface area contributed by atoms with E-state index in [2.05, 4.69) is 16.3 Å². The standard InChI is InChI=1S/C19H27N3O2/c23-18(10-14-22-13-6-9-19(22)24)20-17-8-3-2-7-16(17)15-21-11-4-1-5-12-21/h2-3,7-8H,1,4-6,9-15H2,(H,20,23). The lowest BCUT2D eigenvalue weighted by Crippen LogP contribution is -2.30. The highest BCUT2D eigenvalue weighted by Gasteiger charge is 2.20. The van der Waals surface area contributed by atoms with Crippen LogP contribution in [0.4, 0.5) is 5.69 Å². The molecule has 1 aromatic carbocycles. The third-order valence-electron chi connectivity index (χ3n) is 4.91. The van der Waals surface area contributed by atoms with Crippen LogP contribution in [-0.4, -0.2) is 47.8 Å². The van der Waals surface area contributed by atoms with Crippen molar-refractivity contribution in [2.75, 3.05) is 31.5 Å². The molecule has 0 bridgehead atoms. The summed E-state index contributed by atoms with van der Waals surface area (Å²) in [6.07, 6.45) is 5.75. The highest BCUT2D eigenvalue weighted by molar-refractivity contribution is 5.92. The highest BCUT2D eigenvalue weighted by Crippen LogP contribution is 2.20. The third kappa shape index (κ3) is 4.57. The summed E-state index contributed by atoms with van der Waals surface area (Å²) in [5, 5.41) is 3.04. The smallest absolute Gasteiger partial charge is 0.226 e. The molecule has 2 amide bonds. The topological polar surface area (TPSA) is 52.7 Å². The molecular formula is C19H27N3O2. The van der Waals surface area contributed by atoms with Crippen LogP contribution in [0.15, 0.2) is 24.3 Å². The number of para-hydroxylation sites is 1. The maximum atomic E-state index is 12.3. The van der Waals surface area contributed by atoms with E-state index in [0.29, 0.717) is 19.4 Å². The number of benzene rings is 1. The lowest BCUT2D eigenvalue weighted by molar-refractivity contribution is -0.128. The van der Waals surface area contributed by atoms with E-state index < -0.39 is 0 Å². The number of amides is 2. The minimum atomic E-state index is -0.0132. The Morgan fingerprint density at radius 2 is 1.83 bits per heavy atom. The number of nitrogens with zero attached hydrogens (tertiary/aromatic N) is 2. The zero-order valence-electron chi connectivity index (χ0n) is 14.3. The summed E-state index contributed by atoms with van der Waals surface area (Å²) in [5.41, 5.74) is 2.07. The number of carbonyl (C=O) groups is 2. The summed E-state index contributed by atoms with van der Waals surface area (Å²) in [7, 11) is 0. The van der Waals surface area contributed by atoms with E-state index >= 15 is 0 Å². The average molecular weight is 329 g/mol. The molecule has 5 nitrogen and oxygen atoms in total. The molecule has 24 heavy (non-hydrogen) atoms. The first kappa shape index (κ1) is 17.0. The monoisotopic (exact) mass is 329 g/mol. The van der Waals surface area contributed by atoms with Crippen molar-refractivity contribution in [1.29, 1.82) is 0 Å². The Morgan fingerprint density at radius 3 is 2.58 bits per heavy atom. The predicted octanol–water partition coefficient (Wildman–Crippen LogP) is 2.62. The van der Waals surface area contributed by atoms with E-state index in [9.17, 15) is 9.59 Å². The zero-order valence-corrected chi connectivity index (χ0v) is 14.3. The van der Waals surface area contributed by atoms with E-state index in [1.165, 1.54) is 24.8 Å². The van der Waals surface area contributed by atoms with Crippen LogP contribution in [0.1, 0.15) is 44.1 Å². The molecule has 0 atom stereocenters. The van der Waals surface area contributed by atoms with E-state index in [0.717, 1.165) is 38.3 Å². The Balaban J connectivity index is 1.53. The van der Waals surface area contributed by atoms with Gasteiger partial charge in [0.05, 0.1) is 0 Å². The summed E-state index contributed by atoms with van der Waals surface area (Å²) < 4.78 is 0. The molecule has 1 aromatic rings. The van der Waals surface area contributed by atoms with Crippen LogP contribution in [0, 0.1) is 0 Å². The van der Waals surface area contributed by atoms with E-state index in [-0.39, 0.29) is 11.8 Å². The first-order valence-corrected chi connectivity index (χ1v) is 9.10. The van der Waals surface area contributed by atoms with Gasteiger partial charge in [0, 0.05) is 38.2 Å². The summed E-state index contributed by atoms with van der Waals surface area (Å²) in [6, 6.07) is 8.05. The highest BCUT2D eigenvalue weighted by atomic mass is 16.2. The molecular weight excluding hydrogens is 302 g/mol. The largest absolute Gasteiger partial charge is 0.342 e. The Hall–Kier alpha value is -1.88. The minimum absolute atomic E-state index is 0.0132. The fourth-order valence-electron chi connectivity index (χ4n) is 3.53. The zero-order chi connectivity index (χ0) is 16.8. The van der Waals surface area contributed by atoms with Gasteiger partial charge in [-0.3, -0.25) is 14.5 Å².